The Labute approximate surface area is 165 Å². The Hall–Kier alpha value is -0.400. The summed E-state index contributed by atoms with van der Waals surface area (Å²) in [4.78, 5) is 0. The molecule has 4 unspecified atom stereocenters. The lowest BCUT2D eigenvalue weighted by molar-refractivity contribution is -0.449. The molecule has 0 amide bonds. The molecule has 28 heavy (non-hydrogen) atoms. The lowest BCUT2D eigenvalue weighted by Crippen LogP contribution is -2.68. The van der Waals surface area contributed by atoms with Gasteiger partial charge in [0, 0.05) is 28.4 Å². The molecular weight excluding hydrogens is 376 g/mol. The molecule has 0 aromatic carbocycles. The number of aliphatic hydroxyl groups is 2. The van der Waals surface area contributed by atoms with Crippen molar-refractivity contribution < 1.29 is 48.1 Å². The van der Waals surface area contributed by atoms with Crippen molar-refractivity contribution in [1.29, 1.82) is 0 Å². The zero-order chi connectivity index (χ0) is 21.4. The molecule has 0 aromatic heterocycles. The normalized spacial score (nSPS) is 46.9. The standard InChI is InChI=1S/C18H34O10/c1-15(21-5)17(3,23-7)27-11(9-25-15)13(19)14(20)12-10-26-16(2,22-6)18(4,24-8)28-12/h11-14,19-20H,9-10H2,1-8H3/t11-,12-,13-,14-,15?,16?,17?,18?/m1/s1. The first-order valence-corrected chi connectivity index (χ1v) is 9.15. The molecule has 0 bridgehead atoms. The van der Waals surface area contributed by atoms with E-state index in [1.165, 1.54) is 28.4 Å². The van der Waals surface area contributed by atoms with E-state index in [1.807, 2.05) is 0 Å². The van der Waals surface area contributed by atoms with Gasteiger partial charge in [-0.3, -0.25) is 0 Å². The van der Waals surface area contributed by atoms with Gasteiger partial charge in [-0.1, -0.05) is 0 Å². The van der Waals surface area contributed by atoms with Crippen LogP contribution in [0.25, 0.3) is 0 Å². The highest BCUT2D eigenvalue weighted by Crippen LogP contribution is 2.40. The van der Waals surface area contributed by atoms with Gasteiger partial charge >= 0.3 is 0 Å². The number of rotatable bonds is 7. The summed E-state index contributed by atoms with van der Waals surface area (Å²) in [6.07, 6.45) is -4.48. The number of hydrogen-bond acceptors (Lipinski definition) is 10. The van der Waals surface area contributed by atoms with E-state index in [9.17, 15) is 10.2 Å². The van der Waals surface area contributed by atoms with Crippen LogP contribution in [0.2, 0.25) is 0 Å². The van der Waals surface area contributed by atoms with Gasteiger partial charge < -0.3 is 48.1 Å². The zero-order valence-electron chi connectivity index (χ0n) is 17.9. The molecule has 8 atom stereocenters. The Balaban J connectivity index is 2.12. The molecule has 2 heterocycles. The van der Waals surface area contributed by atoms with Crippen molar-refractivity contribution >= 4 is 0 Å². The third kappa shape index (κ3) is 3.83. The second-order valence-corrected chi connectivity index (χ2v) is 7.52. The zero-order valence-corrected chi connectivity index (χ0v) is 17.9. The molecule has 0 aromatic rings. The van der Waals surface area contributed by atoms with Crippen LogP contribution in [-0.4, -0.2) is 99.4 Å². The van der Waals surface area contributed by atoms with Crippen LogP contribution >= 0.6 is 0 Å². The molecule has 2 aliphatic rings. The first kappa shape index (κ1) is 23.9. The van der Waals surface area contributed by atoms with E-state index in [2.05, 4.69) is 0 Å². The van der Waals surface area contributed by atoms with Gasteiger partial charge in [0.2, 0.25) is 23.1 Å². The maximum atomic E-state index is 10.7. The highest BCUT2D eigenvalue weighted by molar-refractivity contribution is 4.95. The van der Waals surface area contributed by atoms with Crippen molar-refractivity contribution in [2.24, 2.45) is 0 Å². The summed E-state index contributed by atoms with van der Waals surface area (Å²) in [5, 5.41) is 21.5. The Kier molecular flexibility index (Phi) is 7.15. The van der Waals surface area contributed by atoms with Gasteiger partial charge in [0.25, 0.3) is 0 Å². The molecule has 0 aliphatic carbocycles. The monoisotopic (exact) mass is 410 g/mol. The van der Waals surface area contributed by atoms with E-state index < -0.39 is 47.6 Å². The van der Waals surface area contributed by atoms with Crippen LogP contribution in [0.4, 0.5) is 0 Å². The predicted octanol–water partition coefficient (Wildman–Crippen LogP) is -0.0106. The van der Waals surface area contributed by atoms with E-state index in [0.717, 1.165) is 0 Å². The van der Waals surface area contributed by atoms with Gasteiger partial charge in [0.15, 0.2) is 0 Å². The summed E-state index contributed by atoms with van der Waals surface area (Å²) in [6.45, 7) is 6.56. The van der Waals surface area contributed by atoms with Crippen LogP contribution < -0.4 is 0 Å². The molecule has 2 rings (SSSR count). The SMILES string of the molecule is COC1(C)OC[C@H]([C@@H](O)[C@H](O)[C@H]2COC(C)(OC)C(C)(OC)O2)OC1(C)OC. The van der Waals surface area contributed by atoms with Crippen molar-refractivity contribution in [1.82, 2.24) is 0 Å². The summed E-state index contributed by atoms with van der Waals surface area (Å²) in [5.41, 5.74) is 0. The Morgan fingerprint density at radius 1 is 0.643 bits per heavy atom. The minimum Gasteiger partial charge on any atom is -0.387 e. The van der Waals surface area contributed by atoms with Gasteiger partial charge in [0.05, 0.1) is 13.2 Å². The summed E-state index contributed by atoms with van der Waals surface area (Å²) in [6, 6.07) is 0. The van der Waals surface area contributed by atoms with Crippen LogP contribution in [0, 0.1) is 0 Å². The molecule has 0 radical (unpaired) electrons. The van der Waals surface area contributed by atoms with E-state index in [0.29, 0.717) is 0 Å². The van der Waals surface area contributed by atoms with Crippen LogP contribution in [0.3, 0.4) is 0 Å². The molecule has 166 valence electrons. The van der Waals surface area contributed by atoms with Crippen LogP contribution in [0.5, 0.6) is 0 Å². The van der Waals surface area contributed by atoms with Crippen molar-refractivity contribution in [3.63, 3.8) is 0 Å². The molecule has 2 saturated heterocycles. The van der Waals surface area contributed by atoms with Crippen molar-refractivity contribution in [3.05, 3.63) is 0 Å². The predicted molar refractivity (Wildman–Crippen MR) is 95.3 cm³/mol. The molecule has 10 heteroatoms. The molecule has 2 N–H and O–H groups in total. The number of hydrogen-bond donors (Lipinski definition) is 2. The maximum Gasteiger partial charge on any atom is 0.220 e. The summed E-state index contributed by atoms with van der Waals surface area (Å²) < 4.78 is 44.9. The lowest BCUT2D eigenvalue weighted by atomic mass is 9.98. The van der Waals surface area contributed by atoms with Crippen molar-refractivity contribution in [3.8, 4) is 0 Å². The van der Waals surface area contributed by atoms with Crippen LogP contribution in [0.1, 0.15) is 27.7 Å². The number of ether oxygens (including phenoxy) is 8. The van der Waals surface area contributed by atoms with Gasteiger partial charge in [-0.2, -0.15) is 0 Å². The Morgan fingerprint density at radius 3 is 1.18 bits per heavy atom. The molecule has 0 spiro atoms. The fraction of sp³-hybridized carbons (Fsp3) is 1.00. The van der Waals surface area contributed by atoms with Crippen LogP contribution in [0.15, 0.2) is 0 Å². The van der Waals surface area contributed by atoms with E-state index in [-0.39, 0.29) is 13.2 Å². The summed E-state index contributed by atoms with van der Waals surface area (Å²) in [5.74, 6) is -4.96. The average Bonchev–Trinajstić information content (AvgIpc) is 2.70. The molecule has 2 aliphatic heterocycles. The minimum absolute atomic E-state index is 0.0214. The smallest absolute Gasteiger partial charge is 0.220 e. The fourth-order valence-corrected chi connectivity index (χ4v) is 3.34. The van der Waals surface area contributed by atoms with Gasteiger partial charge in [-0.05, 0) is 27.7 Å². The third-order valence-electron chi connectivity index (χ3n) is 6.12. The first-order valence-electron chi connectivity index (χ1n) is 9.15. The summed E-state index contributed by atoms with van der Waals surface area (Å²) >= 11 is 0. The third-order valence-corrected chi connectivity index (χ3v) is 6.12. The van der Waals surface area contributed by atoms with Crippen LogP contribution in [-0.2, 0) is 37.9 Å². The highest BCUT2D eigenvalue weighted by Gasteiger charge is 2.58. The van der Waals surface area contributed by atoms with Gasteiger partial charge in [0.1, 0.15) is 24.4 Å². The molecule has 0 saturated carbocycles. The first-order chi connectivity index (χ1) is 12.9. The van der Waals surface area contributed by atoms with Gasteiger partial charge in [-0.25, -0.2) is 0 Å². The highest BCUT2D eigenvalue weighted by atomic mass is 16.8. The van der Waals surface area contributed by atoms with E-state index >= 15 is 0 Å². The Morgan fingerprint density at radius 2 is 0.929 bits per heavy atom. The fourth-order valence-electron chi connectivity index (χ4n) is 3.34. The number of aliphatic hydroxyl groups excluding tert-OH is 2. The maximum absolute atomic E-state index is 10.7. The van der Waals surface area contributed by atoms with E-state index in [4.69, 9.17) is 37.9 Å². The molecule has 10 nitrogen and oxygen atoms in total. The topological polar surface area (TPSA) is 114 Å². The largest absolute Gasteiger partial charge is 0.387 e. The van der Waals surface area contributed by atoms with Crippen molar-refractivity contribution in [2.75, 3.05) is 41.7 Å². The Bertz CT molecular complexity index is 488. The van der Waals surface area contributed by atoms with Gasteiger partial charge in [-0.15, -0.1) is 0 Å². The quantitative estimate of drug-likeness (QED) is 0.594. The average molecular weight is 410 g/mol. The van der Waals surface area contributed by atoms with Crippen molar-refractivity contribution in [2.45, 2.75) is 75.3 Å². The molecule has 2 fully saturated rings. The van der Waals surface area contributed by atoms with E-state index in [1.54, 1.807) is 27.7 Å². The molecular formula is C18H34O10. The summed E-state index contributed by atoms with van der Waals surface area (Å²) in [7, 11) is 5.83. The second-order valence-electron chi connectivity index (χ2n) is 7.52. The lowest BCUT2D eigenvalue weighted by Gasteiger charge is -2.52. The minimum atomic E-state index is -1.35. The second kappa shape index (κ2) is 8.38. The number of methoxy groups -OCH3 is 4.